The van der Waals surface area contributed by atoms with Crippen molar-refractivity contribution < 1.29 is 4.52 Å². The van der Waals surface area contributed by atoms with Crippen molar-refractivity contribution in [1.29, 1.82) is 0 Å². The number of aromatic nitrogens is 1. The van der Waals surface area contributed by atoms with Crippen molar-refractivity contribution in [2.45, 2.75) is 26.4 Å². The number of rotatable bonds is 5. The van der Waals surface area contributed by atoms with E-state index in [1.54, 1.807) is 6.26 Å². The van der Waals surface area contributed by atoms with Crippen LogP contribution in [0.4, 0.5) is 0 Å². The van der Waals surface area contributed by atoms with Gasteiger partial charge in [-0.2, -0.15) is 0 Å². The first-order valence-corrected chi connectivity index (χ1v) is 8.19. The topological polar surface area (TPSA) is 62.5 Å². The van der Waals surface area contributed by atoms with Gasteiger partial charge in [0.25, 0.3) is 0 Å². The Hall–Kier alpha value is -2.09. The fraction of sp³-hybridized carbons (Fsp3) is 0.263. The summed E-state index contributed by atoms with van der Waals surface area (Å²) >= 11 is 0. The molecule has 0 amide bonds. The first kappa shape index (κ1) is 19.2. The summed E-state index contributed by atoms with van der Waals surface area (Å²) in [7, 11) is 0. The molecule has 2 aromatic carbocycles. The van der Waals surface area contributed by atoms with E-state index in [9.17, 15) is 0 Å². The van der Waals surface area contributed by atoms with Crippen LogP contribution in [0.1, 0.15) is 31.1 Å². The second kappa shape index (κ2) is 9.41. The summed E-state index contributed by atoms with van der Waals surface area (Å²) in [6.07, 6.45) is 1.56. The standard InChI is InChI=1S/C19H22N4O.HI/c1-3-20-19(21-13-16-11-12-24-23-16)22-14(2)17-10-6-8-15-7-4-5-9-18(15)17;/h4-12,14H,3,13H2,1-2H3,(H2,20,21,22);1H. The van der Waals surface area contributed by atoms with Gasteiger partial charge in [-0.05, 0) is 30.2 Å². The highest BCUT2D eigenvalue weighted by Gasteiger charge is 2.11. The zero-order chi connectivity index (χ0) is 16.8. The Morgan fingerprint density at radius 3 is 2.72 bits per heavy atom. The molecule has 5 nitrogen and oxygen atoms in total. The minimum Gasteiger partial charge on any atom is -0.364 e. The molecule has 0 fully saturated rings. The normalized spacial score (nSPS) is 12.5. The van der Waals surface area contributed by atoms with Gasteiger partial charge in [-0.1, -0.05) is 47.6 Å². The number of fused-ring (bicyclic) bond motifs is 1. The van der Waals surface area contributed by atoms with Crippen molar-refractivity contribution >= 4 is 40.7 Å². The third kappa shape index (κ3) is 4.94. The maximum Gasteiger partial charge on any atom is 0.192 e. The predicted molar refractivity (Wildman–Crippen MR) is 112 cm³/mol. The molecule has 0 saturated heterocycles. The van der Waals surface area contributed by atoms with Crippen LogP contribution >= 0.6 is 24.0 Å². The van der Waals surface area contributed by atoms with E-state index in [0.29, 0.717) is 6.54 Å². The van der Waals surface area contributed by atoms with Gasteiger partial charge in [0.2, 0.25) is 0 Å². The molecule has 1 atom stereocenters. The second-order valence-corrected chi connectivity index (χ2v) is 5.62. The van der Waals surface area contributed by atoms with Crippen LogP contribution in [0.3, 0.4) is 0 Å². The van der Waals surface area contributed by atoms with E-state index < -0.39 is 0 Å². The summed E-state index contributed by atoms with van der Waals surface area (Å²) in [5, 5.41) is 13.1. The minimum absolute atomic E-state index is 0. The first-order valence-electron chi connectivity index (χ1n) is 8.19. The number of aliphatic imine (C=N–C) groups is 1. The van der Waals surface area contributed by atoms with E-state index in [1.807, 2.05) is 6.07 Å². The van der Waals surface area contributed by atoms with Crippen molar-refractivity contribution in [2.24, 2.45) is 4.99 Å². The van der Waals surface area contributed by atoms with Gasteiger partial charge in [-0.3, -0.25) is 0 Å². The van der Waals surface area contributed by atoms with Gasteiger partial charge in [-0.25, -0.2) is 4.99 Å². The number of nitrogens with zero attached hydrogens (tertiary/aromatic N) is 2. The Balaban J connectivity index is 0.00000225. The zero-order valence-corrected chi connectivity index (χ0v) is 16.7. The lowest BCUT2D eigenvalue weighted by molar-refractivity contribution is 0.412. The summed E-state index contributed by atoms with van der Waals surface area (Å²) in [6.45, 7) is 5.47. The molecule has 132 valence electrons. The van der Waals surface area contributed by atoms with Crippen molar-refractivity contribution in [3.8, 4) is 0 Å². The summed E-state index contributed by atoms with van der Waals surface area (Å²) in [5.74, 6) is 0.765. The van der Waals surface area contributed by atoms with Gasteiger partial charge >= 0.3 is 0 Å². The molecule has 3 rings (SSSR count). The van der Waals surface area contributed by atoms with Gasteiger partial charge in [0.15, 0.2) is 5.96 Å². The Morgan fingerprint density at radius 1 is 1.16 bits per heavy atom. The van der Waals surface area contributed by atoms with Gasteiger partial charge < -0.3 is 15.2 Å². The monoisotopic (exact) mass is 450 g/mol. The van der Waals surface area contributed by atoms with E-state index >= 15 is 0 Å². The fourth-order valence-corrected chi connectivity index (χ4v) is 2.71. The largest absolute Gasteiger partial charge is 0.364 e. The van der Waals surface area contributed by atoms with Crippen LogP contribution in [-0.2, 0) is 6.54 Å². The number of hydrogen-bond acceptors (Lipinski definition) is 3. The Kier molecular flexibility index (Phi) is 7.24. The molecule has 1 heterocycles. The number of benzene rings is 2. The van der Waals surface area contributed by atoms with Gasteiger partial charge in [-0.15, -0.1) is 24.0 Å². The van der Waals surface area contributed by atoms with Gasteiger partial charge in [0.1, 0.15) is 12.0 Å². The Labute approximate surface area is 164 Å². The molecule has 6 heteroatoms. The lowest BCUT2D eigenvalue weighted by atomic mass is 10.00. The number of hydrogen-bond donors (Lipinski definition) is 2. The third-order valence-electron chi connectivity index (χ3n) is 3.88. The van der Waals surface area contributed by atoms with Crippen LogP contribution in [0.2, 0.25) is 0 Å². The van der Waals surface area contributed by atoms with E-state index in [4.69, 9.17) is 4.52 Å². The summed E-state index contributed by atoms with van der Waals surface area (Å²) in [5.41, 5.74) is 2.06. The highest BCUT2D eigenvalue weighted by molar-refractivity contribution is 14.0. The Morgan fingerprint density at radius 2 is 1.96 bits per heavy atom. The Bertz CT molecular complexity index is 812. The first-order chi connectivity index (χ1) is 11.8. The van der Waals surface area contributed by atoms with E-state index in [0.717, 1.165) is 18.2 Å². The molecule has 1 aromatic heterocycles. The fourth-order valence-electron chi connectivity index (χ4n) is 2.71. The molecular weight excluding hydrogens is 427 g/mol. The molecule has 0 aliphatic carbocycles. The van der Waals surface area contributed by atoms with Crippen molar-refractivity contribution in [3.63, 3.8) is 0 Å². The van der Waals surface area contributed by atoms with Crippen LogP contribution in [-0.4, -0.2) is 17.7 Å². The van der Waals surface area contributed by atoms with Crippen molar-refractivity contribution in [3.05, 3.63) is 66.1 Å². The average Bonchev–Trinajstić information content (AvgIpc) is 3.13. The molecule has 0 aliphatic heterocycles. The molecule has 3 aromatic rings. The summed E-state index contributed by atoms with van der Waals surface area (Å²) in [4.78, 5) is 4.57. The zero-order valence-electron chi connectivity index (χ0n) is 14.4. The highest BCUT2D eigenvalue weighted by Crippen LogP contribution is 2.23. The molecule has 0 saturated carbocycles. The van der Waals surface area contributed by atoms with Crippen LogP contribution in [0.5, 0.6) is 0 Å². The predicted octanol–water partition coefficient (Wildman–Crippen LogP) is 4.26. The minimum atomic E-state index is 0. The average molecular weight is 450 g/mol. The molecule has 0 aliphatic rings. The molecule has 0 bridgehead atoms. The van der Waals surface area contributed by atoms with E-state index in [1.165, 1.54) is 16.3 Å². The van der Waals surface area contributed by atoms with Crippen LogP contribution in [0.15, 0.2) is 64.3 Å². The molecule has 1 unspecified atom stereocenters. The maximum atomic E-state index is 4.85. The highest BCUT2D eigenvalue weighted by atomic mass is 127. The van der Waals surface area contributed by atoms with Crippen molar-refractivity contribution in [1.82, 2.24) is 15.8 Å². The van der Waals surface area contributed by atoms with E-state index in [2.05, 4.69) is 77.1 Å². The molecular formula is C19H23IN4O. The lowest BCUT2D eigenvalue weighted by Gasteiger charge is -2.19. The number of guanidine groups is 1. The third-order valence-corrected chi connectivity index (χ3v) is 3.88. The smallest absolute Gasteiger partial charge is 0.192 e. The summed E-state index contributed by atoms with van der Waals surface area (Å²) in [6, 6.07) is 16.8. The van der Waals surface area contributed by atoms with Gasteiger partial charge in [0.05, 0.1) is 12.6 Å². The molecule has 2 N–H and O–H groups in total. The lowest BCUT2D eigenvalue weighted by Crippen LogP contribution is -2.38. The molecule has 25 heavy (non-hydrogen) atoms. The van der Waals surface area contributed by atoms with Crippen LogP contribution < -0.4 is 10.6 Å². The van der Waals surface area contributed by atoms with Gasteiger partial charge in [0, 0.05) is 12.6 Å². The quantitative estimate of drug-likeness (QED) is 0.347. The molecule has 0 radical (unpaired) electrons. The number of nitrogens with one attached hydrogen (secondary N) is 2. The number of halogens is 1. The van der Waals surface area contributed by atoms with Crippen molar-refractivity contribution in [2.75, 3.05) is 6.54 Å². The second-order valence-electron chi connectivity index (χ2n) is 5.62. The van der Waals surface area contributed by atoms with Crippen LogP contribution in [0.25, 0.3) is 10.8 Å². The SMILES string of the molecule is CCNC(=NCc1ccon1)NC(C)c1cccc2ccccc12.I. The molecule has 0 spiro atoms. The van der Waals surface area contributed by atoms with Crippen LogP contribution in [0, 0.1) is 0 Å². The summed E-state index contributed by atoms with van der Waals surface area (Å²) < 4.78 is 4.85. The van der Waals surface area contributed by atoms with E-state index in [-0.39, 0.29) is 30.0 Å². The maximum absolute atomic E-state index is 4.85.